The quantitative estimate of drug-likeness (QED) is 0.765. The lowest BCUT2D eigenvalue weighted by atomic mass is 10.3. The summed E-state index contributed by atoms with van der Waals surface area (Å²) in [5.74, 6) is 0. The van der Waals surface area contributed by atoms with Crippen molar-refractivity contribution in [3.8, 4) is 0 Å². The van der Waals surface area contributed by atoms with E-state index in [1.165, 1.54) is 6.26 Å². The molecule has 3 nitrogen and oxygen atoms in total. The first-order chi connectivity index (χ1) is 7.59. The Morgan fingerprint density at radius 3 is 2.41 bits per heavy atom. The summed E-state index contributed by atoms with van der Waals surface area (Å²) in [6, 6.07) is 0. The van der Waals surface area contributed by atoms with E-state index in [4.69, 9.17) is 4.78 Å². The van der Waals surface area contributed by atoms with Gasteiger partial charge in [-0.05, 0) is 19.8 Å². The van der Waals surface area contributed by atoms with Gasteiger partial charge >= 0.3 is 6.18 Å². The minimum atomic E-state index is -4.47. The fourth-order valence-corrected chi connectivity index (χ4v) is 1.37. The molecule has 0 aliphatic heterocycles. The Morgan fingerprint density at radius 2 is 2.06 bits per heavy atom. The summed E-state index contributed by atoms with van der Waals surface area (Å²) in [4.78, 5) is 3.34. The predicted molar refractivity (Wildman–Crippen MR) is 63.8 cm³/mol. The molecule has 0 fully saturated rings. The van der Waals surface area contributed by atoms with Gasteiger partial charge in [0, 0.05) is 27.4 Å². The smallest absolute Gasteiger partial charge is 0.256 e. The van der Waals surface area contributed by atoms with Gasteiger partial charge in [0.25, 0.3) is 0 Å². The second-order valence-electron chi connectivity index (χ2n) is 3.76. The predicted octanol–water partition coefficient (Wildman–Crippen LogP) is 3.37. The van der Waals surface area contributed by atoms with Gasteiger partial charge in [-0.25, -0.2) is 4.21 Å². The lowest BCUT2D eigenvalue weighted by molar-refractivity contribution is -0.0925. The molecule has 0 rings (SSSR count). The third-order valence-corrected chi connectivity index (χ3v) is 3.85. The molecule has 0 bridgehead atoms. The third kappa shape index (κ3) is 6.45. The number of aliphatic imine (C=N–C) groups is 1. The SMILES string of the molecule is CC/C=C(\N=CCC(C)S(C)(=N)=O)C(F)(F)F. The molecule has 0 aromatic rings. The Labute approximate surface area is 99.8 Å². The summed E-state index contributed by atoms with van der Waals surface area (Å²) >= 11 is 0. The first-order valence-electron chi connectivity index (χ1n) is 5.11. The van der Waals surface area contributed by atoms with Crippen LogP contribution in [0.5, 0.6) is 0 Å². The van der Waals surface area contributed by atoms with Crippen molar-refractivity contribution in [2.75, 3.05) is 6.26 Å². The molecule has 0 spiro atoms. The van der Waals surface area contributed by atoms with E-state index in [1.54, 1.807) is 13.8 Å². The van der Waals surface area contributed by atoms with Crippen LogP contribution in [0.1, 0.15) is 26.7 Å². The normalized spacial score (nSPS) is 19.3. The maximum atomic E-state index is 12.4. The molecule has 7 heteroatoms. The van der Waals surface area contributed by atoms with Gasteiger partial charge in [-0.15, -0.1) is 0 Å². The Bertz CT molecular complexity index is 396. The van der Waals surface area contributed by atoms with E-state index < -0.39 is 26.9 Å². The fraction of sp³-hybridized carbons (Fsp3) is 0.700. The van der Waals surface area contributed by atoms with Crippen molar-refractivity contribution >= 4 is 15.9 Å². The first-order valence-corrected chi connectivity index (χ1v) is 7.14. The Kier molecular flexibility index (Phi) is 5.87. The maximum absolute atomic E-state index is 12.4. The highest BCUT2D eigenvalue weighted by Crippen LogP contribution is 2.26. The van der Waals surface area contributed by atoms with E-state index in [1.807, 2.05) is 0 Å². The molecule has 100 valence electrons. The van der Waals surface area contributed by atoms with Crippen LogP contribution in [-0.4, -0.2) is 28.1 Å². The van der Waals surface area contributed by atoms with Crippen molar-refractivity contribution < 1.29 is 17.4 Å². The number of nitrogens with one attached hydrogen (secondary N) is 1. The molecule has 0 radical (unpaired) electrons. The van der Waals surface area contributed by atoms with E-state index in [0.717, 1.165) is 12.3 Å². The first kappa shape index (κ1) is 16.1. The second-order valence-corrected chi connectivity index (χ2v) is 6.37. The van der Waals surface area contributed by atoms with Crippen LogP contribution >= 0.6 is 0 Å². The molecule has 0 aromatic heterocycles. The molecule has 2 atom stereocenters. The van der Waals surface area contributed by atoms with E-state index in [-0.39, 0.29) is 12.8 Å². The number of hydrogen-bond donors (Lipinski definition) is 1. The van der Waals surface area contributed by atoms with Crippen LogP contribution in [0.3, 0.4) is 0 Å². The van der Waals surface area contributed by atoms with E-state index in [2.05, 4.69) is 4.99 Å². The number of nitrogens with zero attached hydrogens (tertiary/aromatic N) is 1. The highest BCUT2D eigenvalue weighted by molar-refractivity contribution is 7.92. The molecule has 0 saturated heterocycles. The van der Waals surface area contributed by atoms with Crippen molar-refractivity contribution in [3.63, 3.8) is 0 Å². The summed E-state index contributed by atoms with van der Waals surface area (Å²) < 4.78 is 55.7. The number of alkyl halides is 3. The summed E-state index contributed by atoms with van der Waals surface area (Å²) in [6.07, 6.45) is -0.800. The van der Waals surface area contributed by atoms with E-state index >= 15 is 0 Å². The van der Waals surface area contributed by atoms with Gasteiger partial charge in [-0.1, -0.05) is 13.0 Å². The van der Waals surface area contributed by atoms with Gasteiger partial charge in [0.2, 0.25) is 0 Å². The van der Waals surface area contributed by atoms with Gasteiger partial charge in [-0.2, -0.15) is 13.2 Å². The number of rotatable bonds is 5. The van der Waals surface area contributed by atoms with Gasteiger partial charge < -0.3 is 0 Å². The van der Waals surface area contributed by atoms with Crippen molar-refractivity contribution in [2.45, 2.75) is 38.1 Å². The summed E-state index contributed by atoms with van der Waals surface area (Å²) in [5.41, 5.74) is -0.945. The number of hydrogen-bond acceptors (Lipinski definition) is 3. The summed E-state index contributed by atoms with van der Waals surface area (Å²) in [6.45, 7) is 3.14. The van der Waals surface area contributed by atoms with Gasteiger partial charge in [-0.3, -0.25) is 9.77 Å². The molecule has 1 N–H and O–H groups in total. The largest absolute Gasteiger partial charge is 0.432 e. The van der Waals surface area contributed by atoms with Crippen LogP contribution in [0, 0.1) is 4.78 Å². The molecule has 2 unspecified atom stereocenters. The maximum Gasteiger partial charge on any atom is 0.432 e. The van der Waals surface area contributed by atoms with Gasteiger partial charge in [0.05, 0.1) is 0 Å². The Morgan fingerprint density at radius 1 is 1.53 bits per heavy atom. The van der Waals surface area contributed by atoms with Gasteiger partial charge in [0.1, 0.15) is 5.70 Å². The number of allylic oxidation sites excluding steroid dienone is 2. The standard InChI is InChI=1S/C10H17F3N2OS/c1-4-5-9(10(11,12)13)15-7-6-8(2)17(3,14)16/h5,7-8,14H,4,6H2,1-3H3/b9-5-,15-7?. The zero-order chi connectivity index (χ0) is 13.7. The van der Waals surface area contributed by atoms with Crippen LogP contribution in [0.2, 0.25) is 0 Å². The highest BCUT2D eigenvalue weighted by Gasteiger charge is 2.32. The molecule has 0 heterocycles. The van der Waals surface area contributed by atoms with Crippen LogP contribution < -0.4 is 0 Å². The molecule has 0 amide bonds. The van der Waals surface area contributed by atoms with Crippen LogP contribution in [0.4, 0.5) is 13.2 Å². The molecule has 0 aliphatic rings. The van der Waals surface area contributed by atoms with E-state index in [0.29, 0.717) is 0 Å². The van der Waals surface area contributed by atoms with Crippen molar-refractivity contribution in [3.05, 3.63) is 11.8 Å². The third-order valence-electron chi connectivity index (χ3n) is 2.12. The lowest BCUT2D eigenvalue weighted by Gasteiger charge is -2.09. The molecular weight excluding hydrogens is 253 g/mol. The van der Waals surface area contributed by atoms with Crippen LogP contribution in [0.15, 0.2) is 16.8 Å². The van der Waals surface area contributed by atoms with Crippen LogP contribution in [0.25, 0.3) is 0 Å². The van der Waals surface area contributed by atoms with Crippen molar-refractivity contribution in [2.24, 2.45) is 4.99 Å². The van der Waals surface area contributed by atoms with Gasteiger partial charge in [0.15, 0.2) is 0 Å². The molecule has 0 aromatic carbocycles. The molecule has 17 heavy (non-hydrogen) atoms. The Hall–Kier alpha value is -0.850. The van der Waals surface area contributed by atoms with E-state index in [9.17, 15) is 17.4 Å². The zero-order valence-corrected chi connectivity index (χ0v) is 10.9. The zero-order valence-electron chi connectivity index (χ0n) is 10.0. The second kappa shape index (κ2) is 6.18. The van der Waals surface area contributed by atoms with Crippen molar-refractivity contribution in [1.82, 2.24) is 0 Å². The number of halogens is 3. The summed E-state index contributed by atoms with van der Waals surface area (Å²) in [5, 5.41) is -0.512. The monoisotopic (exact) mass is 270 g/mol. The molecular formula is C10H17F3N2OS. The highest BCUT2D eigenvalue weighted by atomic mass is 32.2. The minimum Gasteiger partial charge on any atom is -0.256 e. The lowest BCUT2D eigenvalue weighted by Crippen LogP contribution is -2.15. The molecule has 0 saturated carbocycles. The Balaban J connectivity index is 4.66. The molecule has 0 aliphatic carbocycles. The van der Waals surface area contributed by atoms with Crippen molar-refractivity contribution in [1.29, 1.82) is 4.78 Å². The summed E-state index contributed by atoms with van der Waals surface area (Å²) in [7, 11) is -2.74. The fourth-order valence-electron chi connectivity index (χ4n) is 0.918. The average Bonchev–Trinajstić information content (AvgIpc) is 2.13. The topological polar surface area (TPSA) is 53.3 Å². The minimum absolute atomic E-state index is 0.0932. The average molecular weight is 270 g/mol. The van der Waals surface area contributed by atoms with Crippen LogP contribution in [-0.2, 0) is 9.73 Å².